The van der Waals surface area contributed by atoms with Crippen molar-refractivity contribution in [2.45, 2.75) is 0 Å². The molecule has 2 heteroatoms. The van der Waals surface area contributed by atoms with Gasteiger partial charge >= 0.3 is 0 Å². The van der Waals surface area contributed by atoms with Crippen LogP contribution in [0.1, 0.15) is 5.56 Å². The van der Waals surface area contributed by atoms with Crippen molar-refractivity contribution in [1.82, 2.24) is 4.57 Å². The van der Waals surface area contributed by atoms with E-state index in [0.717, 1.165) is 16.8 Å². The standard InChI is InChI=1S/C16H12FN/c1-12(13-6-8-15(17)9-7-13)18-11-10-14-4-2-3-5-16(14)18/h2-11H,1H2. The molecule has 0 radical (unpaired) electrons. The van der Waals surface area contributed by atoms with Crippen LogP contribution in [0.3, 0.4) is 0 Å². The molecular formula is C16H12FN. The van der Waals surface area contributed by atoms with Gasteiger partial charge in [-0.3, -0.25) is 0 Å². The fourth-order valence-corrected chi connectivity index (χ4v) is 2.10. The first kappa shape index (κ1) is 10.8. The molecule has 0 fully saturated rings. The summed E-state index contributed by atoms with van der Waals surface area (Å²) in [7, 11) is 0. The predicted molar refractivity (Wildman–Crippen MR) is 72.8 cm³/mol. The summed E-state index contributed by atoms with van der Waals surface area (Å²) in [4.78, 5) is 0. The smallest absolute Gasteiger partial charge is 0.123 e. The van der Waals surface area contributed by atoms with Crippen molar-refractivity contribution in [1.29, 1.82) is 0 Å². The Labute approximate surface area is 105 Å². The number of rotatable bonds is 2. The number of aromatic nitrogens is 1. The molecule has 1 nitrogen and oxygen atoms in total. The van der Waals surface area contributed by atoms with Crippen molar-refractivity contribution in [3.8, 4) is 0 Å². The highest BCUT2D eigenvalue weighted by molar-refractivity contribution is 5.85. The lowest BCUT2D eigenvalue weighted by Crippen LogP contribution is -1.95. The van der Waals surface area contributed by atoms with E-state index in [-0.39, 0.29) is 5.82 Å². The van der Waals surface area contributed by atoms with Gasteiger partial charge in [-0.15, -0.1) is 0 Å². The maximum absolute atomic E-state index is 12.9. The van der Waals surface area contributed by atoms with Gasteiger partial charge in [-0.1, -0.05) is 24.8 Å². The molecule has 0 aliphatic carbocycles. The Morgan fingerprint density at radius 3 is 2.44 bits per heavy atom. The quantitative estimate of drug-likeness (QED) is 0.626. The van der Waals surface area contributed by atoms with Crippen molar-refractivity contribution < 1.29 is 4.39 Å². The molecular weight excluding hydrogens is 225 g/mol. The molecule has 18 heavy (non-hydrogen) atoms. The minimum atomic E-state index is -0.232. The summed E-state index contributed by atoms with van der Waals surface area (Å²) in [5.41, 5.74) is 2.86. The molecule has 0 saturated heterocycles. The van der Waals surface area contributed by atoms with Gasteiger partial charge in [-0.25, -0.2) is 4.39 Å². The van der Waals surface area contributed by atoms with Crippen molar-refractivity contribution in [2.75, 3.05) is 0 Å². The van der Waals surface area contributed by atoms with Crippen molar-refractivity contribution in [3.05, 3.63) is 78.8 Å². The second-order valence-corrected chi connectivity index (χ2v) is 4.20. The summed E-state index contributed by atoms with van der Waals surface area (Å²) in [6.45, 7) is 4.09. The third-order valence-electron chi connectivity index (χ3n) is 3.07. The summed E-state index contributed by atoms with van der Waals surface area (Å²) >= 11 is 0. The Morgan fingerprint density at radius 2 is 1.67 bits per heavy atom. The lowest BCUT2D eigenvalue weighted by molar-refractivity contribution is 0.627. The van der Waals surface area contributed by atoms with Crippen molar-refractivity contribution >= 4 is 16.6 Å². The van der Waals surface area contributed by atoms with Gasteiger partial charge in [0, 0.05) is 11.9 Å². The molecule has 0 atom stereocenters. The maximum Gasteiger partial charge on any atom is 0.123 e. The second-order valence-electron chi connectivity index (χ2n) is 4.20. The van der Waals surface area contributed by atoms with Crippen molar-refractivity contribution in [2.24, 2.45) is 0 Å². The van der Waals surface area contributed by atoms with Crippen LogP contribution in [0.5, 0.6) is 0 Å². The number of benzene rings is 2. The lowest BCUT2D eigenvalue weighted by atomic mass is 10.1. The Morgan fingerprint density at radius 1 is 0.944 bits per heavy atom. The van der Waals surface area contributed by atoms with E-state index in [9.17, 15) is 4.39 Å². The van der Waals surface area contributed by atoms with Crippen LogP contribution in [0.25, 0.3) is 16.6 Å². The largest absolute Gasteiger partial charge is 0.317 e. The minimum absolute atomic E-state index is 0.232. The zero-order valence-electron chi connectivity index (χ0n) is 9.81. The normalized spacial score (nSPS) is 10.7. The van der Waals surface area contributed by atoms with Crippen LogP contribution in [0.2, 0.25) is 0 Å². The first-order valence-electron chi connectivity index (χ1n) is 5.77. The molecule has 2 aromatic carbocycles. The van der Waals surface area contributed by atoms with E-state index in [0.29, 0.717) is 0 Å². The monoisotopic (exact) mass is 237 g/mol. The molecule has 0 amide bonds. The fourth-order valence-electron chi connectivity index (χ4n) is 2.10. The molecule has 0 saturated carbocycles. The highest BCUT2D eigenvalue weighted by Crippen LogP contribution is 2.23. The third-order valence-corrected chi connectivity index (χ3v) is 3.07. The number of hydrogen-bond donors (Lipinski definition) is 0. The predicted octanol–water partition coefficient (Wildman–Crippen LogP) is 4.30. The maximum atomic E-state index is 12.9. The molecule has 1 aromatic heterocycles. The average molecular weight is 237 g/mol. The van der Waals surface area contributed by atoms with Crippen molar-refractivity contribution in [3.63, 3.8) is 0 Å². The molecule has 0 aliphatic heterocycles. The van der Waals surface area contributed by atoms with E-state index >= 15 is 0 Å². The van der Waals surface area contributed by atoms with Gasteiger partial charge < -0.3 is 4.57 Å². The molecule has 0 bridgehead atoms. The van der Waals surface area contributed by atoms with E-state index in [4.69, 9.17) is 0 Å². The molecule has 0 N–H and O–H groups in total. The topological polar surface area (TPSA) is 4.93 Å². The van der Waals surface area contributed by atoms with Crippen LogP contribution >= 0.6 is 0 Å². The number of hydrogen-bond acceptors (Lipinski definition) is 0. The summed E-state index contributed by atoms with van der Waals surface area (Å²) in [5, 5.41) is 1.17. The van der Waals surface area contributed by atoms with Crippen LogP contribution in [0.15, 0.2) is 67.4 Å². The molecule has 88 valence electrons. The van der Waals surface area contributed by atoms with Crippen LogP contribution in [0.4, 0.5) is 4.39 Å². The first-order valence-corrected chi connectivity index (χ1v) is 5.77. The fraction of sp³-hybridized carbons (Fsp3) is 0. The van der Waals surface area contributed by atoms with Gasteiger partial charge in [0.1, 0.15) is 5.82 Å². The van der Waals surface area contributed by atoms with E-state index in [1.165, 1.54) is 17.5 Å². The SMILES string of the molecule is C=C(c1ccc(F)cc1)n1ccc2ccccc21. The highest BCUT2D eigenvalue weighted by atomic mass is 19.1. The van der Waals surface area contributed by atoms with Gasteiger partial charge in [-0.05, 0) is 47.3 Å². The summed E-state index contributed by atoms with van der Waals surface area (Å²) in [5.74, 6) is -0.232. The van der Waals surface area contributed by atoms with Crippen LogP contribution < -0.4 is 0 Å². The van der Waals surface area contributed by atoms with Gasteiger partial charge in [-0.2, -0.15) is 0 Å². The third kappa shape index (κ3) is 1.72. The van der Waals surface area contributed by atoms with E-state index < -0.39 is 0 Å². The Hall–Kier alpha value is -2.35. The average Bonchev–Trinajstić information content (AvgIpc) is 2.82. The number of halogens is 1. The molecule has 3 aromatic rings. The summed E-state index contributed by atoms with van der Waals surface area (Å²) < 4.78 is 14.9. The van der Waals surface area contributed by atoms with E-state index in [2.05, 4.69) is 12.6 Å². The van der Waals surface area contributed by atoms with E-state index in [1.807, 2.05) is 35.0 Å². The Bertz CT molecular complexity index is 707. The van der Waals surface area contributed by atoms with Crippen LogP contribution in [0, 0.1) is 5.82 Å². The number of nitrogens with zero attached hydrogens (tertiary/aromatic N) is 1. The minimum Gasteiger partial charge on any atom is -0.317 e. The molecule has 0 aliphatic rings. The lowest BCUT2D eigenvalue weighted by Gasteiger charge is -2.09. The van der Waals surface area contributed by atoms with Crippen LogP contribution in [-0.2, 0) is 0 Å². The molecule has 1 heterocycles. The first-order chi connectivity index (χ1) is 8.75. The molecule has 0 spiro atoms. The molecule has 0 unspecified atom stereocenters. The highest BCUT2D eigenvalue weighted by Gasteiger charge is 2.05. The van der Waals surface area contributed by atoms with Gasteiger partial charge in [0.25, 0.3) is 0 Å². The van der Waals surface area contributed by atoms with Gasteiger partial charge in [0.15, 0.2) is 0 Å². The van der Waals surface area contributed by atoms with E-state index in [1.54, 1.807) is 12.1 Å². The Kier molecular flexibility index (Phi) is 2.49. The van der Waals surface area contributed by atoms with Gasteiger partial charge in [0.05, 0.1) is 5.52 Å². The Balaban J connectivity index is 2.09. The van der Waals surface area contributed by atoms with Crippen LogP contribution in [-0.4, -0.2) is 4.57 Å². The summed E-state index contributed by atoms with van der Waals surface area (Å²) in [6, 6.07) is 16.5. The number of fused-ring (bicyclic) bond motifs is 1. The second kappa shape index (κ2) is 4.15. The molecule has 3 rings (SSSR count). The summed E-state index contributed by atoms with van der Waals surface area (Å²) in [6.07, 6.45) is 1.98. The van der Waals surface area contributed by atoms with Gasteiger partial charge in [0.2, 0.25) is 0 Å². The zero-order chi connectivity index (χ0) is 12.5. The number of para-hydroxylation sites is 1. The zero-order valence-corrected chi connectivity index (χ0v) is 9.81.